The summed E-state index contributed by atoms with van der Waals surface area (Å²) in [4.78, 5) is 9.70. The van der Waals surface area contributed by atoms with Gasteiger partial charge in [-0.05, 0) is 25.1 Å². The molecule has 2 heterocycles. The standard InChI is InChI=1S/C13H11Cl2N5S/c1-2-16-13-18-11-8(6-17-20-11)12(19-13)21-10-5-7(14)3-4-9(10)15/h3-6H,2H2,1H3,(H2,16,17,18,19,20). The van der Waals surface area contributed by atoms with Crippen LogP contribution < -0.4 is 5.32 Å². The highest BCUT2D eigenvalue weighted by molar-refractivity contribution is 7.99. The summed E-state index contributed by atoms with van der Waals surface area (Å²) in [6.07, 6.45) is 1.70. The second-order valence-electron chi connectivity index (χ2n) is 4.19. The first-order chi connectivity index (χ1) is 10.2. The van der Waals surface area contributed by atoms with Crippen molar-refractivity contribution in [2.45, 2.75) is 16.8 Å². The zero-order chi connectivity index (χ0) is 14.8. The van der Waals surface area contributed by atoms with Crippen LogP contribution in [0.25, 0.3) is 11.0 Å². The molecule has 0 bridgehead atoms. The molecule has 2 aromatic heterocycles. The normalized spacial score (nSPS) is 11.0. The van der Waals surface area contributed by atoms with Crippen molar-refractivity contribution in [3.63, 3.8) is 0 Å². The maximum Gasteiger partial charge on any atom is 0.225 e. The van der Waals surface area contributed by atoms with E-state index >= 15 is 0 Å². The number of H-pyrrole nitrogens is 1. The highest BCUT2D eigenvalue weighted by atomic mass is 35.5. The Labute approximate surface area is 135 Å². The third-order valence-electron chi connectivity index (χ3n) is 2.71. The minimum absolute atomic E-state index is 0.551. The maximum absolute atomic E-state index is 6.21. The highest BCUT2D eigenvalue weighted by Crippen LogP contribution is 2.37. The van der Waals surface area contributed by atoms with E-state index in [1.54, 1.807) is 18.3 Å². The van der Waals surface area contributed by atoms with E-state index in [0.717, 1.165) is 21.9 Å². The summed E-state index contributed by atoms with van der Waals surface area (Å²) in [6.45, 7) is 2.73. The molecule has 0 aliphatic carbocycles. The number of aromatic amines is 1. The predicted octanol–water partition coefficient (Wildman–Crippen LogP) is 4.24. The van der Waals surface area contributed by atoms with E-state index in [4.69, 9.17) is 23.2 Å². The SMILES string of the molecule is CCNc1nc(Sc2cc(Cl)ccc2Cl)c2cn[nH]c2n1. The van der Waals surface area contributed by atoms with Gasteiger partial charge in [0.15, 0.2) is 5.65 Å². The third-order valence-corrected chi connectivity index (χ3v) is 4.45. The van der Waals surface area contributed by atoms with E-state index in [1.807, 2.05) is 13.0 Å². The lowest BCUT2D eigenvalue weighted by atomic mass is 10.4. The second-order valence-corrected chi connectivity index (χ2v) is 6.07. The Hall–Kier alpha value is -1.50. The summed E-state index contributed by atoms with van der Waals surface area (Å²) < 4.78 is 0. The minimum Gasteiger partial charge on any atom is -0.354 e. The zero-order valence-corrected chi connectivity index (χ0v) is 13.4. The van der Waals surface area contributed by atoms with E-state index in [0.29, 0.717) is 21.6 Å². The van der Waals surface area contributed by atoms with Crippen LogP contribution in [-0.4, -0.2) is 26.7 Å². The van der Waals surface area contributed by atoms with Gasteiger partial charge in [-0.25, -0.2) is 4.98 Å². The van der Waals surface area contributed by atoms with E-state index < -0.39 is 0 Å². The molecular formula is C13H11Cl2N5S. The number of benzene rings is 1. The fourth-order valence-corrected chi connectivity index (χ4v) is 3.20. The molecule has 108 valence electrons. The van der Waals surface area contributed by atoms with Crippen LogP contribution >= 0.6 is 35.0 Å². The number of anilines is 1. The van der Waals surface area contributed by atoms with Gasteiger partial charge in [-0.2, -0.15) is 10.1 Å². The number of aromatic nitrogens is 4. The lowest BCUT2D eigenvalue weighted by molar-refractivity contribution is 1.04. The lowest BCUT2D eigenvalue weighted by Gasteiger charge is -2.07. The molecule has 0 saturated heterocycles. The molecule has 0 radical (unpaired) electrons. The van der Waals surface area contributed by atoms with Gasteiger partial charge in [-0.15, -0.1) is 0 Å². The molecule has 3 rings (SSSR count). The quantitative estimate of drug-likeness (QED) is 0.695. The summed E-state index contributed by atoms with van der Waals surface area (Å²) >= 11 is 13.7. The Balaban J connectivity index is 2.06. The van der Waals surface area contributed by atoms with Gasteiger partial charge < -0.3 is 5.32 Å². The molecular weight excluding hydrogens is 329 g/mol. The Morgan fingerprint density at radius 2 is 2.14 bits per heavy atom. The van der Waals surface area contributed by atoms with E-state index in [2.05, 4.69) is 25.5 Å². The van der Waals surface area contributed by atoms with E-state index in [9.17, 15) is 0 Å². The zero-order valence-electron chi connectivity index (χ0n) is 11.0. The molecule has 0 fully saturated rings. The Morgan fingerprint density at radius 1 is 1.29 bits per heavy atom. The molecule has 0 spiro atoms. The van der Waals surface area contributed by atoms with Crippen molar-refractivity contribution in [3.05, 3.63) is 34.4 Å². The topological polar surface area (TPSA) is 66.5 Å². The Kier molecular flexibility index (Phi) is 4.19. The average molecular weight is 340 g/mol. The molecule has 0 unspecified atom stereocenters. The van der Waals surface area contributed by atoms with Crippen molar-refractivity contribution in [1.82, 2.24) is 20.2 Å². The Bertz CT molecular complexity index is 789. The molecule has 5 nitrogen and oxygen atoms in total. The van der Waals surface area contributed by atoms with Gasteiger partial charge in [0.1, 0.15) is 5.03 Å². The van der Waals surface area contributed by atoms with Crippen LogP contribution in [-0.2, 0) is 0 Å². The summed E-state index contributed by atoms with van der Waals surface area (Å²) in [7, 11) is 0. The van der Waals surface area contributed by atoms with E-state index in [-0.39, 0.29) is 0 Å². The largest absolute Gasteiger partial charge is 0.354 e. The second kappa shape index (κ2) is 6.09. The van der Waals surface area contributed by atoms with Gasteiger partial charge in [-0.3, -0.25) is 5.10 Å². The van der Waals surface area contributed by atoms with Crippen molar-refractivity contribution in [3.8, 4) is 0 Å². The van der Waals surface area contributed by atoms with Crippen LogP contribution in [0.2, 0.25) is 10.0 Å². The average Bonchev–Trinajstić information content (AvgIpc) is 2.92. The summed E-state index contributed by atoms with van der Waals surface area (Å²) in [6, 6.07) is 5.34. The van der Waals surface area contributed by atoms with Gasteiger partial charge in [0.25, 0.3) is 0 Å². The van der Waals surface area contributed by atoms with E-state index in [1.165, 1.54) is 11.8 Å². The van der Waals surface area contributed by atoms with Crippen molar-refractivity contribution in [2.24, 2.45) is 0 Å². The van der Waals surface area contributed by atoms with Crippen molar-refractivity contribution in [1.29, 1.82) is 0 Å². The first-order valence-corrected chi connectivity index (χ1v) is 7.82. The molecule has 0 atom stereocenters. The minimum atomic E-state index is 0.551. The van der Waals surface area contributed by atoms with Gasteiger partial charge in [0, 0.05) is 16.5 Å². The third kappa shape index (κ3) is 3.07. The lowest BCUT2D eigenvalue weighted by Crippen LogP contribution is -2.02. The monoisotopic (exact) mass is 339 g/mol. The van der Waals surface area contributed by atoms with Crippen LogP contribution in [0, 0.1) is 0 Å². The molecule has 3 aromatic rings. The first kappa shape index (κ1) is 14.4. The number of rotatable bonds is 4. The molecule has 0 saturated carbocycles. The molecule has 1 aromatic carbocycles. The molecule has 21 heavy (non-hydrogen) atoms. The number of nitrogens with one attached hydrogen (secondary N) is 2. The van der Waals surface area contributed by atoms with Crippen LogP contribution in [0.1, 0.15) is 6.92 Å². The summed E-state index contributed by atoms with van der Waals surface area (Å²) in [5.41, 5.74) is 0.682. The number of nitrogens with zero attached hydrogens (tertiary/aromatic N) is 3. The maximum atomic E-state index is 6.21. The predicted molar refractivity (Wildman–Crippen MR) is 86.4 cm³/mol. The molecule has 0 aliphatic rings. The Morgan fingerprint density at radius 3 is 2.95 bits per heavy atom. The van der Waals surface area contributed by atoms with Crippen molar-refractivity contribution < 1.29 is 0 Å². The molecule has 8 heteroatoms. The van der Waals surface area contributed by atoms with Crippen molar-refractivity contribution >= 4 is 51.9 Å². The molecule has 2 N–H and O–H groups in total. The van der Waals surface area contributed by atoms with Crippen LogP contribution in [0.5, 0.6) is 0 Å². The fourth-order valence-electron chi connectivity index (χ4n) is 1.78. The number of hydrogen-bond donors (Lipinski definition) is 2. The number of fused-ring (bicyclic) bond motifs is 1. The van der Waals surface area contributed by atoms with Gasteiger partial charge in [-0.1, -0.05) is 35.0 Å². The summed E-state index contributed by atoms with van der Waals surface area (Å²) in [5, 5.41) is 12.9. The number of halogens is 2. The summed E-state index contributed by atoms with van der Waals surface area (Å²) in [5.74, 6) is 0.551. The smallest absolute Gasteiger partial charge is 0.225 e. The van der Waals surface area contributed by atoms with Crippen molar-refractivity contribution in [2.75, 3.05) is 11.9 Å². The van der Waals surface area contributed by atoms with Gasteiger partial charge >= 0.3 is 0 Å². The van der Waals surface area contributed by atoms with Crippen LogP contribution in [0.3, 0.4) is 0 Å². The number of hydrogen-bond acceptors (Lipinski definition) is 5. The first-order valence-electron chi connectivity index (χ1n) is 6.25. The fraction of sp³-hybridized carbons (Fsp3) is 0.154. The highest BCUT2D eigenvalue weighted by Gasteiger charge is 2.12. The van der Waals surface area contributed by atoms with Crippen LogP contribution in [0.15, 0.2) is 34.3 Å². The molecule has 0 amide bonds. The van der Waals surface area contributed by atoms with Gasteiger partial charge in [0.05, 0.1) is 16.6 Å². The molecule has 0 aliphatic heterocycles. The van der Waals surface area contributed by atoms with Crippen LogP contribution in [0.4, 0.5) is 5.95 Å². The van der Waals surface area contributed by atoms with Gasteiger partial charge in [0.2, 0.25) is 5.95 Å².